The molecule has 0 atom stereocenters. The number of ether oxygens (including phenoxy) is 3. The van der Waals surface area contributed by atoms with E-state index < -0.39 is 12.4 Å². The molecule has 0 N–H and O–H groups in total. The second-order valence-corrected chi connectivity index (χ2v) is 3.38. The minimum Gasteiger partial charge on any atom is -0.407 e. The minimum absolute atomic E-state index is 0.526. The molecule has 0 unspecified atom stereocenters. The van der Waals surface area contributed by atoms with Gasteiger partial charge in [0.15, 0.2) is 0 Å². The van der Waals surface area contributed by atoms with Crippen LogP contribution < -0.4 is 0 Å². The fourth-order valence-corrected chi connectivity index (χ4v) is 0.907. The maximum atomic E-state index is 11.0. The summed E-state index contributed by atoms with van der Waals surface area (Å²) in [6, 6.07) is 0. The normalized spacial score (nSPS) is 10.4. The van der Waals surface area contributed by atoms with Gasteiger partial charge in [-0.25, -0.2) is 4.79 Å². The van der Waals surface area contributed by atoms with E-state index in [-0.39, 0.29) is 0 Å². The lowest BCUT2D eigenvalue weighted by atomic mass is 10.4. The van der Waals surface area contributed by atoms with Gasteiger partial charge in [0.2, 0.25) is 0 Å². The topological polar surface area (TPSA) is 44.8 Å². The number of rotatable bonds is 10. The molecular weight excluding hydrogens is 208 g/mol. The van der Waals surface area contributed by atoms with Crippen LogP contribution >= 0.6 is 0 Å². The third kappa shape index (κ3) is 8.44. The quantitative estimate of drug-likeness (QED) is 0.250. The van der Waals surface area contributed by atoms with Crippen LogP contribution in [-0.4, -0.2) is 25.7 Å². The Bertz CT molecular complexity index is 181. The Morgan fingerprint density at radius 2 is 1.69 bits per heavy atom. The van der Waals surface area contributed by atoms with E-state index in [0.717, 1.165) is 31.8 Å². The third-order valence-electron chi connectivity index (χ3n) is 1.88. The summed E-state index contributed by atoms with van der Waals surface area (Å²) in [5, 5.41) is 0. The first-order valence-corrected chi connectivity index (χ1v) is 5.80. The van der Waals surface area contributed by atoms with Crippen molar-refractivity contribution in [3.8, 4) is 0 Å². The van der Waals surface area contributed by atoms with Crippen molar-refractivity contribution in [2.75, 3.05) is 13.2 Å². The van der Waals surface area contributed by atoms with Crippen molar-refractivity contribution >= 4 is 5.97 Å². The number of esters is 1. The van der Waals surface area contributed by atoms with E-state index in [2.05, 4.69) is 20.4 Å². The molecular formula is C12H22O4. The Kier molecular flexibility index (Phi) is 10.1. The summed E-state index contributed by atoms with van der Waals surface area (Å²) in [4.78, 5) is 11.0. The number of hydrogen-bond donors (Lipinski definition) is 0. The highest BCUT2D eigenvalue weighted by Gasteiger charge is 2.12. The van der Waals surface area contributed by atoms with Crippen molar-refractivity contribution in [1.82, 2.24) is 0 Å². The van der Waals surface area contributed by atoms with Crippen molar-refractivity contribution in [2.45, 2.75) is 46.0 Å². The van der Waals surface area contributed by atoms with Crippen LogP contribution in [0.4, 0.5) is 0 Å². The van der Waals surface area contributed by atoms with Gasteiger partial charge in [0, 0.05) is 6.08 Å². The highest BCUT2D eigenvalue weighted by atomic mass is 16.9. The van der Waals surface area contributed by atoms with Gasteiger partial charge >= 0.3 is 12.4 Å². The molecule has 0 saturated heterocycles. The summed E-state index contributed by atoms with van der Waals surface area (Å²) < 4.78 is 15.5. The lowest BCUT2D eigenvalue weighted by Crippen LogP contribution is -2.24. The van der Waals surface area contributed by atoms with Crippen LogP contribution in [0.25, 0.3) is 0 Å². The molecule has 4 nitrogen and oxygen atoms in total. The smallest absolute Gasteiger partial charge is 0.334 e. The largest absolute Gasteiger partial charge is 0.407 e. The number of carbonyl (C=O) groups is 1. The van der Waals surface area contributed by atoms with Crippen molar-refractivity contribution in [3.63, 3.8) is 0 Å². The molecule has 0 radical (unpaired) electrons. The van der Waals surface area contributed by atoms with Crippen molar-refractivity contribution in [2.24, 2.45) is 0 Å². The van der Waals surface area contributed by atoms with Crippen LogP contribution in [0.3, 0.4) is 0 Å². The first-order chi connectivity index (χ1) is 7.74. The first-order valence-electron chi connectivity index (χ1n) is 5.80. The van der Waals surface area contributed by atoms with Crippen molar-refractivity contribution < 1.29 is 19.0 Å². The van der Waals surface area contributed by atoms with Crippen LogP contribution in [-0.2, 0) is 19.0 Å². The molecule has 0 heterocycles. The monoisotopic (exact) mass is 230 g/mol. The molecule has 0 rings (SSSR count). The molecule has 94 valence electrons. The lowest BCUT2D eigenvalue weighted by Gasteiger charge is -2.17. The van der Waals surface area contributed by atoms with Crippen molar-refractivity contribution in [3.05, 3.63) is 12.7 Å². The summed E-state index contributed by atoms with van der Waals surface area (Å²) in [6.07, 6.45) is 4.98. The highest BCUT2D eigenvalue weighted by Crippen LogP contribution is 2.03. The molecule has 0 aliphatic heterocycles. The predicted molar refractivity (Wildman–Crippen MR) is 61.8 cm³/mol. The zero-order chi connectivity index (χ0) is 12.2. The summed E-state index contributed by atoms with van der Waals surface area (Å²) >= 11 is 0. The second-order valence-electron chi connectivity index (χ2n) is 3.38. The van der Waals surface area contributed by atoms with E-state index in [1.54, 1.807) is 0 Å². The van der Waals surface area contributed by atoms with E-state index >= 15 is 0 Å². The number of unbranched alkanes of at least 4 members (excludes halogenated alkanes) is 2. The predicted octanol–water partition coefficient (Wildman–Crippen LogP) is 2.63. The van der Waals surface area contributed by atoms with Gasteiger partial charge in [-0.3, -0.25) is 0 Å². The van der Waals surface area contributed by atoms with E-state index in [9.17, 15) is 4.79 Å². The molecule has 0 saturated carbocycles. The Morgan fingerprint density at radius 1 is 1.19 bits per heavy atom. The third-order valence-corrected chi connectivity index (χ3v) is 1.88. The van der Waals surface area contributed by atoms with Gasteiger partial charge in [-0.05, 0) is 12.8 Å². The van der Waals surface area contributed by atoms with Crippen LogP contribution in [0.2, 0.25) is 0 Å². The fourth-order valence-electron chi connectivity index (χ4n) is 0.907. The minimum atomic E-state index is -0.899. The van der Waals surface area contributed by atoms with Gasteiger partial charge in [0.05, 0.1) is 13.2 Å². The zero-order valence-electron chi connectivity index (χ0n) is 10.2. The molecule has 0 aromatic heterocycles. The van der Waals surface area contributed by atoms with Crippen molar-refractivity contribution in [1.29, 1.82) is 0 Å². The number of hydrogen-bond acceptors (Lipinski definition) is 4. The van der Waals surface area contributed by atoms with Gasteiger partial charge in [0.1, 0.15) is 0 Å². The van der Waals surface area contributed by atoms with E-state index in [0.29, 0.717) is 13.2 Å². The summed E-state index contributed by atoms with van der Waals surface area (Å²) in [5.41, 5.74) is 0. The number of carbonyl (C=O) groups excluding carboxylic acids is 1. The lowest BCUT2D eigenvalue weighted by molar-refractivity contribution is -0.273. The molecule has 0 bridgehead atoms. The Hall–Kier alpha value is -0.870. The SMILES string of the molecule is C=CC(=O)OC(OCCCC)OCCCC. The van der Waals surface area contributed by atoms with Gasteiger partial charge in [-0.2, -0.15) is 0 Å². The summed E-state index contributed by atoms with van der Waals surface area (Å²) in [6.45, 7) is 7.60. The van der Waals surface area contributed by atoms with Gasteiger partial charge in [0.25, 0.3) is 0 Å². The molecule has 0 spiro atoms. The maximum absolute atomic E-state index is 11.0. The Labute approximate surface area is 97.6 Å². The molecule has 0 aliphatic carbocycles. The molecule has 0 amide bonds. The fraction of sp³-hybridized carbons (Fsp3) is 0.750. The summed E-state index contributed by atoms with van der Waals surface area (Å²) in [5.74, 6) is -0.530. The first kappa shape index (κ1) is 15.1. The van der Waals surface area contributed by atoms with Gasteiger partial charge < -0.3 is 14.2 Å². The second kappa shape index (κ2) is 10.6. The average Bonchev–Trinajstić information content (AvgIpc) is 2.29. The molecule has 0 aliphatic rings. The molecule has 0 aromatic rings. The molecule has 4 heteroatoms. The van der Waals surface area contributed by atoms with Crippen LogP contribution in [0.5, 0.6) is 0 Å². The van der Waals surface area contributed by atoms with Gasteiger partial charge in [-0.15, -0.1) is 0 Å². The molecule has 0 fully saturated rings. The van der Waals surface area contributed by atoms with E-state index in [1.807, 2.05) is 0 Å². The Balaban J connectivity index is 3.84. The average molecular weight is 230 g/mol. The maximum Gasteiger partial charge on any atom is 0.334 e. The van der Waals surface area contributed by atoms with Crippen LogP contribution in [0, 0.1) is 0 Å². The summed E-state index contributed by atoms with van der Waals surface area (Å²) in [7, 11) is 0. The zero-order valence-corrected chi connectivity index (χ0v) is 10.2. The molecule has 0 aromatic carbocycles. The van der Waals surface area contributed by atoms with Crippen LogP contribution in [0.1, 0.15) is 39.5 Å². The standard InChI is InChI=1S/C12H22O4/c1-4-7-9-14-12(15-10-8-5-2)16-11(13)6-3/h6,12H,3-5,7-10H2,1-2H3. The van der Waals surface area contributed by atoms with Gasteiger partial charge in [-0.1, -0.05) is 33.3 Å². The highest BCUT2D eigenvalue weighted by molar-refractivity contribution is 5.81. The molecule has 16 heavy (non-hydrogen) atoms. The Morgan fingerprint density at radius 3 is 2.06 bits per heavy atom. The van der Waals surface area contributed by atoms with E-state index in [4.69, 9.17) is 14.2 Å². The van der Waals surface area contributed by atoms with Crippen LogP contribution in [0.15, 0.2) is 12.7 Å². The van der Waals surface area contributed by atoms with E-state index in [1.165, 1.54) is 0 Å².